The quantitative estimate of drug-likeness (QED) is 0.780. The van der Waals surface area contributed by atoms with Gasteiger partial charge in [0.05, 0.1) is 5.56 Å². The highest BCUT2D eigenvalue weighted by atomic mass is 19.2. The minimum atomic E-state index is -1.63. The molecular weight excluding hydrogens is 335 g/mol. The van der Waals surface area contributed by atoms with Gasteiger partial charge in [0.25, 0.3) is 5.91 Å². The normalized spacial score (nSPS) is 18.7. The number of likely N-dealkylation sites (tertiary alicyclic amines) is 1. The fourth-order valence-corrected chi connectivity index (χ4v) is 3.25. The first-order chi connectivity index (χ1) is 12.0. The summed E-state index contributed by atoms with van der Waals surface area (Å²) in [5.74, 6) is -3.62. The number of carbonyl (C=O) groups is 1. The van der Waals surface area contributed by atoms with Crippen molar-refractivity contribution in [3.05, 3.63) is 58.9 Å². The zero-order valence-electron chi connectivity index (χ0n) is 13.1. The monoisotopic (exact) mass is 349 g/mol. The molecule has 7 heteroatoms. The SMILES string of the molecule is O=C(c1ccc(F)c(F)c1F)N1CCC(c2ccc3c(c2)OCO3)C1. The lowest BCUT2D eigenvalue weighted by atomic mass is 9.98. The molecule has 2 aromatic carbocycles. The van der Waals surface area contributed by atoms with E-state index in [0.29, 0.717) is 31.0 Å². The predicted molar refractivity (Wildman–Crippen MR) is 82.1 cm³/mol. The minimum Gasteiger partial charge on any atom is -0.454 e. The van der Waals surface area contributed by atoms with Gasteiger partial charge in [0.15, 0.2) is 29.0 Å². The lowest BCUT2D eigenvalue weighted by Gasteiger charge is -2.17. The summed E-state index contributed by atoms with van der Waals surface area (Å²) in [6.45, 7) is 0.969. The standard InChI is InChI=1S/C18H14F3NO3/c19-13-3-2-12(16(20)17(13)21)18(23)22-6-5-11(8-22)10-1-4-14-15(7-10)25-9-24-14/h1-4,7,11H,5-6,8-9H2. The van der Waals surface area contributed by atoms with Crippen molar-refractivity contribution in [1.82, 2.24) is 4.90 Å². The number of hydrogen-bond donors (Lipinski definition) is 0. The van der Waals surface area contributed by atoms with Gasteiger partial charge in [0.1, 0.15) is 0 Å². The van der Waals surface area contributed by atoms with E-state index >= 15 is 0 Å². The van der Waals surface area contributed by atoms with Crippen LogP contribution in [0, 0.1) is 17.5 Å². The van der Waals surface area contributed by atoms with Crippen LogP contribution in [0.25, 0.3) is 0 Å². The topological polar surface area (TPSA) is 38.8 Å². The largest absolute Gasteiger partial charge is 0.454 e. The summed E-state index contributed by atoms with van der Waals surface area (Å²) in [5.41, 5.74) is 0.538. The van der Waals surface area contributed by atoms with Gasteiger partial charge in [0, 0.05) is 19.0 Å². The van der Waals surface area contributed by atoms with Gasteiger partial charge in [-0.3, -0.25) is 4.79 Å². The molecule has 0 aliphatic carbocycles. The molecule has 2 aromatic rings. The third kappa shape index (κ3) is 2.69. The van der Waals surface area contributed by atoms with Crippen molar-refractivity contribution < 1.29 is 27.4 Å². The Bertz CT molecular complexity index is 856. The van der Waals surface area contributed by atoms with Gasteiger partial charge in [-0.05, 0) is 36.2 Å². The Labute approximate surface area is 141 Å². The van der Waals surface area contributed by atoms with Crippen molar-refractivity contribution in [2.24, 2.45) is 0 Å². The van der Waals surface area contributed by atoms with Gasteiger partial charge in [-0.2, -0.15) is 0 Å². The third-order valence-corrected chi connectivity index (χ3v) is 4.61. The summed E-state index contributed by atoms with van der Waals surface area (Å²) in [6.07, 6.45) is 0.691. The van der Waals surface area contributed by atoms with Crippen LogP contribution in [0.5, 0.6) is 11.5 Å². The molecule has 130 valence electrons. The van der Waals surface area contributed by atoms with Crippen LogP contribution >= 0.6 is 0 Å². The average molecular weight is 349 g/mol. The van der Waals surface area contributed by atoms with Gasteiger partial charge in [-0.25, -0.2) is 13.2 Å². The summed E-state index contributed by atoms with van der Waals surface area (Å²) in [4.78, 5) is 13.9. The molecule has 25 heavy (non-hydrogen) atoms. The lowest BCUT2D eigenvalue weighted by molar-refractivity contribution is 0.0784. The van der Waals surface area contributed by atoms with Crippen LogP contribution in [0.1, 0.15) is 28.3 Å². The molecule has 0 radical (unpaired) electrons. The molecular formula is C18H14F3NO3. The summed E-state index contributed by atoms with van der Waals surface area (Å²) >= 11 is 0. The minimum absolute atomic E-state index is 0.0619. The number of benzene rings is 2. The zero-order chi connectivity index (χ0) is 17.6. The van der Waals surface area contributed by atoms with Gasteiger partial charge in [-0.15, -0.1) is 0 Å². The first-order valence-electron chi connectivity index (χ1n) is 7.87. The van der Waals surface area contributed by atoms with E-state index in [9.17, 15) is 18.0 Å². The third-order valence-electron chi connectivity index (χ3n) is 4.61. The van der Waals surface area contributed by atoms with E-state index in [-0.39, 0.29) is 12.7 Å². The van der Waals surface area contributed by atoms with E-state index in [1.807, 2.05) is 18.2 Å². The van der Waals surface area contributed by atoms with Gasteiger partial charge in [0.2, 0.25) is 6.79 Å². The Morgan fingerprint density at radius 1 is 1.04 bits per heavy atom. The Balaban J connectivity index is 1.52. The Morgan fingerprint density at radius 3 is 2.68 bits per heavy atom. The number of nitrogens with zero attached hydrogens (tertiary/aromatic N) is 1. The number of fused-ring (bicyclic) bond motifs is 1. The maximum Gasteiger partial charge on any atom is 0.256 e. The van der Waals surface area contributed by atoms with Gasteiger partial charge < -0.3 is 14.4 Å². The van der Waals surface area contributed by atoms with Crippen LogP contribution in [0.2, 0.25) is 0 Å². The van der Waals surface area contributed by atoms with E-state index in [4.69, 9.17) is 9.47 Å². The maximum atomic E-state index is 13.8. The van der Waals surface area contributed by atoms with Crippen LogP contribution in [-0.2, 0) is 0 Å². The second kappa shape index (κ2) is 5.98. The van der Waals surface area contributed by atoms with Crippen LogP contribution in [0.3, 0.4) is 0 Å². The van der Waals surface area contributed by atoms with E-state index in [2.05, 4.69) is 0 Å². The fourth-order valence-electron chi connectivity index (χ4n) is 3.25. The molecule has 0 aromatic heterocycles. The molecule has 4 nitrogen and oxygen atoms in total. The second-order valence-corrected chi connectivity index (χ2v) is 6.07. The predicted octanol–water partition coefficient (Wildman–Crippen LogP) is 3.46. The van der Waals surface area contributed by atoms with Crippen molar-refractivity contribution in [1.29, 1.82) is 0 Å². The number of amides is 1. The molecule has 2 aliphatic rings. The molecule has 0 spiro atoms. The smallest absolute Gasteiger partial charge is 0.256 e. The van der Waals surface area contributed by atoms with Crippen molar-refractivity contribution in [3.63, 3.8) is 0 Å². The van der Waals surface area contributed by atoms with Gasteiger partial charge >= 0.3 is 0 Å². The highest BCUT2D eigenvalue weighted by Gasteiger charge is 2.31. The Morgan fingerprint density at radius 2 is 1.84 bits per heavy atom. The molecule has 2 heterocycles. The van der Waals surface area contributed by atoms with Crippen molar-refractivity contribution >= 4 is 5.91 Å². The molecule has 1 fully saturated rings. The maximum absolute atomic E-state index is 13.8. The highest BCUT2D eigenvalue weighted by Crippen LogP contribution is 2.37. The molecule has 1 atom stereocenters. The van der Waals surface area contributed by atoms with E-state index < -0.39 is 28.9 Å². The van der Waals surface area contributed by atoms with E-state index in [1.165, 1.54) is 4.90 Å². The molecule has 4 rings (SSSR count). The number of rotatable bonds is 2. The second-order valence-electron chi connectivity index (χ2n) is 6.07. The van der Waals surface area contributed by atoms with Gasteiger partial charge in [-0.1, -0.05) is 6.07 Å². The fraction of sp³-hybridized carbons (Fsp3) is 0.278. The number of carbonyl (C=O) groups excluding carboxylic acids is 1. The van der Waals surface area contributed by atoms with Crippen LogP contribution in [-0.4, -0.2) is 30.7 Å². The first-order valence-corrected chi connectivity index (χ1v) is 7.87. The number of halogens is 3. The van der Waals surface area contributed by atoms with Crippen molar-refractivity contribution in [2.75, 3.05) is 19.9 Å². The van der Waals surface area contributed by atoms with Crippen LogP contribution in [0.15, 0.2) is 30.3 Å². The molecule has 0 bridgehead atoms. The van der Waals surface area contributed by atoms with Crippen molar-refractivity contribution in [2.45, 2.75) is 12.3 Å². The molecule has 0 saturated carbocycles. The number of ether oxygens (including phenoxy) is 2. The van der Waals surface area contributed by atoms with Crippen LogP contribution < -0.4 is 9.47 Å². The Hall–Kier alpha value is -2.70. The van der Waals surface area contributed by atoms with E-state index in [1.54, 1.807) is 0 Å². The molecule has 0 N–H and O–H groups in total. The van der Waals surface area contributed by atoms with E-state index in [0.717, 1.165) is 17.7 Å². The van der Waals surface area contributed by atoms with Crippen molar-refractivity contribution in [3.8, 4) is 11.5 Å². The molecule has 2 aliphatic heterocycles. The summed E-state index contributed by atoms with van der Waals surface area (Å²) in [6, 6.07) is 7.33. The summed E-state index contributed by atoms with van der Waals surface area (Å²) in [7, 11) is 0. The highest BCUT2D eigenvalue weighted by molar-refractivity contribution is 5.94. The van der Waals surface area contributed by atoms with Crippen LogP contribution in [0.4, 0.5) is 13.2 Å². The summed E-state index contributed by atoms with van der Waals surface area (Å²) < 4.78 is 50.9. The molecule has 1 saturated heterocycles. The molecule has 1 amide bonds. The number of hydrogen-bond acceptors (Lipinski definition) is 3. The Kier molecular flexibility index (Phi) is 3.78. The summed E-state index contributed by atoms with van der Waals surface area (Å²) in [5, 5.41) is 0. The zero-order valence-corrected chi connectivity index (χ0v) is 13.1. The average Bonchev–Trinajstić information content (AvgIpc) is 3.27. The lowest BCUT2D eigenvalue weighted by Crippen LogP contribution is -2.29. The molecule has 1 unspecified atom stereocenters. The first kappa shape index (κ1) is 15.8.